The van der Waals surface area contributed by atoms with Crippen LogP contribution in [0.3, 0.4) is 0 Å². The van der Waals surface area contributed by atoms with Crippen LogP contribution in [0.4, 0.5) is 8.78 Å². The molecule has 0 fully saturated rings. The van der Waals surface area contributed by atoms with E-state index in [4.69, 9.17) is 5.73 Å². The fourth-order valence-electron chi connectivity index (χ4n) is 3.25. The summed E-state index contributed by atoms with van der Waals surface area (Å²) in [7, 11) is 0. The molecule has 138 valence electrons. The van der Waals surface area contributed by atoms with Crippen molar-refractivity contribution in [1.82, 2.24) is 9.55 Å². The van der Waals surface area contributed by atoms with E-state index in [-0.39, 0.29) is 22.7 Å². The summed E-state index contributed by atoms with van der Waals surface area (Å²) >= 11 is 0. The van der Waals surface area contributed by atoms with E-state index in [0.717, 1.165) is 16.6 Å². The lowest BCUT2D eigenvalue weighted by Crippen LogP contribution is -2.04. The molecule has 0 aliphatic heterocycles. The van der Waals surface area contributed by atoms with Gasteiger partial charge in [0.05, 0.1) is 16.6 Å². The van der Waals surface area contributed by atoms with Gasteiger partial charge in [0, 0.05) is 22.9 Å². The summed E-state index contributed by atoms with van der Waals surface area (Å²) in [6.45, 7) is 1.90. The van der Waals surface area contributed by atoms with Crippen LogP contribution in [-0.2, 0) is 0 Å². The molecule has 2 N–H and O–H groups in total. The summed E-state index contributed by atoms with van der Waals surface area (Å²) in [5, 5.41) is 9.28. The maximum Gasteiger partial charge on any atom is 0.141 e. The van der Waals surface area contributed by atoms with Crippen molar-refractivity contribution in [2.45, 2.75) is 13.0 Å². The highest BCUT2D eigenvalue weighted by Gasteiger charge is 2.15. The molecule has 4 nitrogen and oxygen atoms in total. The van der Waals surface area contributed by atoms with Crippen LogP contribution in [0.25, 0.3) is 27.8 Å². The number of rotatable bonds is 3. The van der Waals surface area contributed by atoms with Crippen LogP contribution in [0.2, 0.25) is 0 Å². The van der Waals surface area contributed by atoms with Gasteiger partial charge in [-0.15, -0.1) is 0 Å². The molecule has 1 aromatic heterocycles. The van der Waals surface area contributed by atoms with Crippen molar-refractivity contribution in [3.63, 3.8) is 0 Å². The van der Waals surface area contributed by atoms with Crippen molar-refractivity contribution in [2.75, 3.05) is 0 Å². The van der Waals surface area contributed by atoms with Gasteiger partial charge in [-0.1, -0.05) is 18.2 Å². The Morgan fingerprint density at radius 3 is 2.61 bits per heavy atom. The van der Waals surface area contributed by atoms with Crippen molar-refractivity contribution in [3.8, 4) is 22.9 Å². The Bertz CT molecular complexity index is 1240. The standard InChI is InChI=1S/C22H16F2N4/c1-13(26)14-5-8-22-21(9-14)27-12-28(22)15-6-7-20(24)17(10-15)16-3-2-4-19(23)18(16)11-25/h2-10,12-13H,26H2,1H3/t13-/m1/s1. The smallest absolute Gasteiger partial charge is 0.141 e. The molecule has 0 bridgehead atoms. The fraction of sp³-hybridized carbons (Fsp3) is 0.0909. The third-order valence-corrected chi connectivity index (χ3v) is 4.74. The molecule has 1 heterocycles. The highest BCUT2D eigenvalue weighted by atomic mass is 19.1. The van der Waals surface area contributed by atoms with Gasteiger partial charge in [0.1, 0.15) is 24.0 Å². The number of nitrogens with two attached hydrogens (primary N) is 1. The minimum absolute atomic E-state index is 0.107. The predicted octanol–water partition coefficient (Wildman–Crippen LogP) is 4.86. The molecule has 4 aromatic rings. The second-order valence-corrected chi connectivity index (χ2v) is 6.59. The molecule has 0 saturated heterocycles. The lowest BCUT2D eigenvalue weighted by Gasteiger charge is -2.11. The molecule has 0 saturated carbocycles. The van der Waals surface area contributed by atoms with Gasteiger partial charge in [0.15, 0.2) is 0 Å². The maximum atomic E-state index is 14.5. The minimum Gasteiger partial charge on any atom is -0.324 e. The Balaban J connectivity index is 1.88. The van der Waals surface area contributed by atoms with E-state index < -0.39 is 11.6 Å². The number of aromatic nitrogens is 2. The first-order valence-corrected chi connectivity index (χ1v) is 8.71. The summed E-state index contributed by atoms with van der Waals surface area (Å²) in [6, 6.07) is 16.1. The molecule has 3 aromatic carbocycles. The highest BCUT2D eigenvalue weighted by Crippen LogP contribution is 2.31. The minimum atomic E-state index is -0.679. The molecule has 0 aliphatic rings. The van der Waals surface area contributed by atoms with Crippen molar-refractivity contribution in [3.05, 3.63) is 83.7 Å². The average molecular weight is 374 g/mol. The second-order valence-electron chi connectivity index (χ2n) is 6.59. The summed E-state index contributed by atoms with van der Waals surface area (Å²) < 4.78 is 30.3. The first-order valence-electron chi connectivity index (χ1n) is 8.71. The molecule has 4 rings (SSSR count). The Morgan fingerprint density at radius 2 is 1.86 bits per heavy atom. The Hall–Kier alpha value is -3.56. The fourth-order valence-corrected chi connectivity index (χ4v) is 3.25. The Morgan fingerprint density at radius 1 is 1.04 bits per heavy atom. The molecule has 28 heavy (non-hydrogen) atoms. The first-order chi connectivity index (χ1) is 13.5. The van der Waals surface area contributed by atoms with Gasteiger partial charge < -0.3 is 5.73 Å². The summed E-state index contributed by atoms with van der Waals surface area (Å²) in [4.78, 5) is 4.41. The van der Waals surface area contributed by atoms with Gasteiger partial charge in [0.2, 0.25) is 0 Å². The van der Waals surface area contributed by atoms with Crippen LogP contribution >= 0.6 is 0 Å². The molecular weight excluding hydrogens is 358 g/mol. The van der Waals surface area contributed by atoms with Crippen LogP contribution in [-0.4, -0.2) is 9.55 Å². The Kier molecular flexibility index (Phi) is 4.38. The zero-order chi connectivity index (χ0) is 19.8. The Labute approximate surface area is 160 Å². The van der Waals surface area contributed by atoms with Crippen molar-refractivity contribution in [2.24, 2.45) is 5.73 Å². The lowest BCUT2D eigenvalue weighted by atomic mass is 9.99. The van der Waals surface area contributed by atoms with E-state index in [1.165, 1.54) is 24.3 Å². The lowest BCUT2D eigenvalue weighted by molar-refractivity contribution is 0.621. The number of nitriles is 1. The average Bonchev–Trinajstić information content (AvgIpc) is 3.11. The maximum absolute atomic E-state index is 14.5. The molecule has 0 unspecified atom stereocenters. The van der Waals surface area contributed by atoms with Crippen LogP contribution in [0.5, 0.6) is 0 Å². The van der Waals surface area contributed by atoms with Gasteiger partial charge >= 0.3 is 0 Å². The quantitative estimate of drug-likeness (QED) is 0.557. The molecule has 0 aliphatic carbocycles. The molecule has 0 radical (unpaired) electrons. The van der Waals surface area contributed by atoms with Crippen molar-refractivity contribution < 1.29 is 8.78 Å². The van der Waals surface area contributed by atoms with E-state index in [9.17, 15) is 14.0 Å². The van der Waals surface area contributed by atoms with Crippen molar-refractivity contribution in [1.29, 1.82) is 5.26 Å². The summed E-state index contributed by atoms with van der Waals surface area (Å²) in [5.74, 6) is -1.21. The predicted molar refractivity (Wildman–Crippen MR) is 104 cm³/mol. The number of hydrogen-bond acceptors (Lipinski definition) is 3. The first kappa shape index (κ1) is 17.8. The highest BCUT2D eigenvalue weighted by molar-refractivity contribution is 5.79. The number of imidazole rings is 1. The van der Waals surface area contributed by atoms with Crippen LogP contribution in [0, 0.1) is 23.0 Å². The zero-order valence-electron chi connectivity index (χ0n) is 15.0. The topological polar surface area (TPSA) is 67.6 Å². The number of hydrogen-bond donors (Lipinski definition) is 1. The van der Waals surface area contributed by atoms with E-state index in [2.05, 4.69) is 4.98 Å². The monoisotopic (exact) mass is 374 g/mol. The van der Waals surface area contributed by atoms with Gasteiger partial charge in [-0.2, -0.15) is 5.26 Å². The molecular formula is C22H16F2N4. The van der Waals surface area contributed by atoms with Crippen LogP contribution in [0.1, 0.15) is 24.1 Å². The third kappa shape index (κ3) is 2.92. The van der Waals surface area contributed by atoms with Crippen LogP contribution in [0.15, 0.2) is 60.9 Å². The largest absolute Gasteiger partial charge is 0.324 e. The zero-order valence-corrected chi connectivity index (χ0v) is 15.0. The van der Waals surface area contributed by atoms with Crippen molar-refractivity contribution >= 4 is 11.0 Å². The molecule has 1 atom stereocenters. The number of benzene rings is 3. The summed E-state index contributed by atoms with van der Waals surface area (Å²) in [6.07, 6.45) is 1.64. The SMILES string of the molecule is C[C@@H](N)c1ccc2c(c1)ncn2-c1ccc(F)c(-c2cccc(F)c2C#N)c1. The van der Waals surface area contributed by atoms with E-state index in [1.54, 1.807) is 18.5 Å². The molecule has 6 heteroatoms. The number of halogens is 2. The molecule has 0 spiro atoms. The van der Waals surface area contributed by atoms with Crippen LogP contribution < -0.4 is 5.73 Å². The van der Waals surface area contributed by atoms with E-state index >= 15 is 0 Å². The summed E-state index contributed by atoms with van der Waals surface area (Å²) in [5.41, 5.74) is 9.34. The van der Waals surface area contributed by atoms with E-state index in [0.29, 0.717) is 5.69 Å². The van der Waals surface area contributed by atoms with Gasteiger partial charge in [-0.3, -0.25) is 4.57 Å². The molecule has 0 amide bonds. The number of fused-ring (bicyclic) bond motifs is 1. The van der Waals surface area contributed by atoms with E-state index in [1.807, 2.05) is 35.8 Å². The van der Waals surface area contributed by atoms with Gasteiger partial charge in [-0.25, -0.2) is 13.8 Å². The second kappa shape index (κ2) is 6.87. The van der Waals surface area contributed by atoms with Gasteiger partial charge in [-0.05, 0) is 48.9 Å². The third-order valence-electron chi connectivity index (χ3n) is 4.74. The normalized spacial score (nSPS) is 12.1. The van der Waals surface area contributed by atoms with Gasteiger partial charge in [0.25, 0.3) is 0 Å². The number of nitrogens with zero attached hydrogens (tertiary/aromatic N) is 3.